The van der Waals surface area contributed by atoms with Crippen LogP contribution in [0.15, 0.2) is 54.6 Å². The van der Waals surface area contributed by atoms with E-state index in [4.69, 9.17) is 10.00 Å². The number of aliphatic hydroxyl groups is 1. The van der Waals surface area contributed by atoms with Gasteiger partial charge in [0, 0.05) is 6.42 Å². The summed E-state index contributed by atoms with van der Waals surface area (Å²) >= 11 is 0. The Morgan fingerprint density at radius 2 is 1.64 bits per heavy atom. The second kappa shape index (κ2) is 8.02. The summed E-state index contributed by atoms with van der Waals surface area (Å²) in [7, 11) is 1.63. The molecular weight excluding hydrogens is 274 g/mol. The molecule has 0 fully saturated rings. The van der Waals surface area contributed by atoms with Crippen molar-refractivity contribution >= 4 is 11.1 Å². The first-order chi connectivity index (χ1) is 10.8. The quantitative estimate of drug-likeness (QED) is 0.822. The van der Waals surface area contributed by atoms with Gasteiger partial charge in [-0.25, -0.2) is 0 Å². The summed E-state index contributed by atoms with van der Waals surface area (Å²) < 4.78 is 5.17. The van der Waals surface area contributed by atoms with Gasteiger partial charge in [0.05, 0.1) is 19.8 Å². The maximum Gasteiger partial charge on any atom is 0.118 e. The first-order valence-corrected chi connectivity index (χ1v) is 7.19. The van der Waals surface area contributed by atoms with Crippen LogP contribution < -0.4 is 4.74 Å². The fourth-order valence-corrected chi connectivity index (χ4v) is 2.44. The Kier molecular flexibility index (Phi) is 5.76. The molecule has 0 aliphatic heterocycles. The Hall–Kier alpha value is -2.57. The average Bonchev–Trinajstić information content (AvgIpc) is 2.59. The third-order valence-electron chi connectivity index (χ3n) is 3.57. The third kappa shape index (κ3) is 3.75. The minimum absolute atomic E-state index is 0.0675. The van der Waals surface area contributed by atoms with Crippen LogP contribution in [0.4, 0.5) is 0 Å². The largest absolute Gasteiger partial charge is 0.497 e. The van der Waals surface area contributed by atoms with E-state index < -0.39 is 0 Å². The second-order valence-electron chi connectivity index (χ2n) is 4.87. The lowest BCUT2D eigenvalue weighted by molar-refractivity contribution is 0.350. The van der Waals surface area contributed by atoms with Gasteiger partial charge in [0.2, 0.25) is 0 Å². The van der Waals surface area contributed by atoms with Crippen molar-refractivity contribution in [2.24, 2.45) is 0 Å². The minimum atomic E-state index is -0.0675. The number of aliphatic hydroxyl groups excluding tert-OH is 1. The summed E-state index contributed by atoms with van der Waals surface area (Å²) in [4.78, 5) is 0. The SMILES string of the molecule is COc1ccc(/C(CO)=C(\CCC#N)c2ccccc2)cc1. The molecule has 0 unspecified atom stereocenters. The highest BCUT2D eigenvalue weighted by atomic mass is 16.5. The molecule has 112 valence electrons. The molecule has 0 heterocycles. The Morgan fingerprint density at radius 3 is 2.18 bits per heavy atom. The first kappa shape index (κ1) is 15.8. The van der Waals surface area contributed by atoms with Crippen LogP contribution >= 0.6 is 0 Å². The molecule has 0 spiro atoms. The predicted octanol–water partition coefficient (Wildman–Crippen LogP) is 3.90. The molecule has 22 heavy (non-hydrogen) atoms. The molecule has 0 atom stereocenters. The molecule has 0 aromatic heterocycles. The summed E-state index contributed by atoms with van der Waals surface area (Å²) in [6, 6.07) is 19.7. The van der Waals surface area contributed by atoms with Crippen LogP contribution in [0.1, 0.15) is 24.0 Å². The van der Waals surface area contributed by atoms with E-state index in [1.807, 2.05) is 54.6 Å². The average molecular weight is 293 g/mol. The molecule has 2 aromatic carbocycles. The lowest BCUT2D eigenvalue weighted by atomic mass is 9.92. The van der Waals surface area contributed by atoms with Gasteiger partial charge in [0.1, 0.15) is 5.75 Å². The molecule has 0 aliphatic carbocycles. The summed E-state index contributed by atoms with van der Waals surface area (Å²) in [5, 5.41) is 18.8. The lowest BCUT2D eigenvalue weighted by Gasteiger charge is -2.14. The molecule has 3 heteroatoms. The summed E-state index contributed by atoms with van der Waals surface area (Å²) in [6.45, 7) is -0.0675. The van der Waals surface area contributed by atoms with Crippen LogP contribution in [-0.2, 0) is 0 Å². The number of nitrogens with zero attached hydrogens (tertiary/aromatic N) is 1. The monoisotopic (exact) mass is 293 g/mol. The Balaban J connectivity index is 2.50. The molecule has 0 saturated heterocycles. The predicted molar refractivity (Wildman–Crippen MR) is 88.2 cm³/mol. The van der Waals surface area contributed by atoms with Crippen molar-refractivity contribution in [1.29, 1.82) is 5.26 Å². The number of rotatable bonds is 6. The molecule has 2 rings (SSSR count). The van der Waals surface area contributed by atoms with Gasteiger partial charge in [0.15, 0.2) is 0 Å². The Morgan fingerprint density at radius 1 is 1.00 bits per heavy atom. The van der Waals surface area contributed by atoms with Crippen LogP contribution in [0, 0.1) is 11.3 Å². The van der Waals surface area contributed by atoms with Gasteiger partial charge >= 0.3 is 0 Å². The number of ether oxygens (including phenoxy) is 1. The molecule has 3 nitrogen and oxygen atoms in total. The van der Waals surface area contributed by atoms with Crippen molar-refractivity contribution in [3.63, 3.8) is 0 Å². The van der Waals surface area contributed by atoms with E-state index in [9.17, 15) is 5.11 Å². The van der Waals surface area contributed by atoms with Gasteiger partial charge in [-0.1, -0.05) is 42.5 Å². The smallest absolute Gasteiger partial charge is 0.118 e. The maximum absolute atomic E-state index is 9.87. The zero-order valence-corrected chi connectivity index (χ0v) is 12.6. The van der Waals surface area contributed by atoms with Gasteiger partial charge < -0.3 is 9.84 Å². The zero-order chi connectivity index (χ0) is 15.8. The van der Waals surface area contributed by atoms with Crippen molar-refractivity contribution in [3.05, 3.63) is 65.7 Å². The number of benzene rings is 2. The molecule has 0 bridgehead atoms. The third-order valence-corrected chi connectivity index (χ3v) is 3.57. The van der Waals surface area contributed by atoms with Crippen molar-refractivity contribution in [3.8, 4) is 11.8 Å². The lowest BCUT2D eigenvalue weighted by Crippen LogP contribution is -1.98. The van der Waals surface area contributed by atoms with E-state index in [0.717, 1.165) is 28.0 Å². The van der Waals surface area contributed by atoms with E-state index in [0.29, 0.717) is 12.8 Å². The number of allylic oxidation sites excluding steroid dienone is 1. The van der Waals surface area contributed by atoms with Gasteiger partial charge in [-0.15, -0.1) is 0 Å². The standard InChI is InChI=1S/C19H19NO2/c1-22-17-11-9-16(10-12-17)19(14-21)18(8-5-13-20)15-6-3-2-4-7-15/h2-4,6-7,9-12,21H,5,8,14H2,1H3/b19-18+. The van der Waals surface area contributed by atoms with Gasteiger partial charge in [-0.2, -0.15) is 5.26 Å². The van der Waals surface area contributed by atoms with Crippen molar-refractivity contribution < 1.29 is 9.84 Å². The first-order valence-electron chi connectivity index (χ1n) is 7.19. The maximum atomic E-state index is 9.87. The Bertz CT molecular complexity index is 667. The van der Waals surface area contributed by atoms with Gasteiger partial charge in [0.25, 0.3) is 0 Å². The number of hydrogen-bond donors (Lipinski definition) is 1. The number of nitriles is 1. The number of methoxy groups -OCH3 is 1. The summed E-state index contributed by atoms with van der Waals surface area (Å²) in [5.41, 5.74) is 3.84. The van der Waals surface area contributed by atoms with E-state index in [1.54, 1.807) is 7.11 Å². The van der Waals surface area contributed by atoms with Crippen LogP contribution in [0.3, 0.4) is 0 Å². The molecular formula is C19H19NO2. The van der Waals surface area contributed by atoms with Gasteiger partial charge in [-0.05, 0) is 40.8 Å². The molecule has 1 N–H and O–H groups in total. The van der Waals surface area contributed by atoms with E-state index in [-0.39, 0.29) is 6.61 Å². The Labute approximate surface area is 131 Å². The fourth-order valence-electron chi connectivity index (χ4n) is 2.44. The van der Waals surface area contributed by atoms with Crippen molar-refractivity contribution in [2.75, 3.05) is 13.7 Å². The van der Waals surface area contributed by atoms with Crippen LogP contribution in [0.25, 0.3) is 11.1 Å². The molecule has 0 radical (unpaired) electrons. The van der Waals surface area contributed by atoms with Crippen molar-refractivity contribution in [1.82, 2.24) is 0 Å². The van der Waals surface area contributed by atoms with Crippen molar-refractivity contribution in [2.45, 2.75) is 12.8 Å². The highest BCUT2D eigenvalue weighted by molar-refractivity contribution is 5.91. The highest BCUT2D eigenvalue weighted by Crippen LogP contribution is 2.30. The highest BCUT2D eigenvalue weighted by Gasteiger charge is 2.11. The minimum Gasteiger partial charge on any atom is -0.497 e. The normalized spacial score (nSPS) is 11.5. The molecule has 2 aromatic rings. The van der Waals surface area contributed by atoms with Gasteiger partial charge in [-0.3, -0.25) is 0 Å². The zero-order valence-electron chi connectivity index (χ0n) is 12.6. The molecule has 0 aliphatic rings. The van der Waals surface area contributed by atoms with E-state index >= 15 is 0 Å². The summed E-state index contributed by atoms with van der Waals surface area (Å²) in [6.07, 6.45) is 1.03. The summed E-state index contributed by atoms with van der Waals surface area (Å²) in [5.74, 6) is 0.777. The van der Waals surface area contributed by atoms with Crippen LogP contribution in [0.2, 0.25) is 0 Å². The van der Waals surface area contributed by atoms with E-state index in [1.165, 1.54) is 0 Å². The fraction of sp³-hybridized carbons (Fsp3) is 0.211. The molecule has 0 amide bonds. The molecule has 0 saturated carbocycles. The van der Waals surface area contributed by atoms with Crippen LogP contribution in [0.5, 0.6) is 5.75 Å². The topological polar surface area (TPSA) is 53.2 Å². The van der Waals surface area contributed by atoms with E-state index in [2.05, 4.69) is 6.07 Å². The second-order valence-corrected chi connectivity index (χ2v) is 4.87. The number of hydrogen-bond acceptors (Lipinski definition) is 3. The van der Waals surface area contributed by atoms with Crippen LogP contribution in [-0.4, -0.2) is 18.8 Å².